The van der Waals surface area contributed by atoms with Gasteiger partial charge in [-0.25, -0.2) is 0 Å². The van der Waals surface area contributed by atoms with Gasteiger partial charge in [-0.15, -0.1) is 0 Å². The quantitative estimate of drug-likeness (QED) is 0.879. The highest BCUT2D eigenvalue weighted by Gasteiger charge is 2.73. The van der Waals surface area contributed by atoms with Crippen molar-refractivity contribution in [1.29, 1.82) is 0 Å². The van der Waals surface area contributed by atoms with Crippen molar-refractivity contribution in [2.75, 3.05) is 0 Å². The molecular weight excluding hydrogens is 276 g/mol. The van der Waals surface area contributed by atoms with Crippen molar-refractivity contribution in [2.24, 2.45) is 11.8 Å². The highest BCUT2D eigenvalue weighted by Crippen LogP contribution is 2.63. The van der Waals surface area contributed by atoms with Crippen LogP contribution in [0.15, 0.2) is 54.6 Å². The van der Waals surface area contributed by atoms with Crippen molar-refractivity contribution >= 4 is 5.78 Å². The minimum absolute atomic E-state index is 0.125. The molecule has 2 aliphatic rings. The van der Waals surface area contributed by atoms with Gasteiger partial charge in [0.15, 0.2) is 17.0 Å². The Kier molecular flexibility index (Phi) is 2.58. The van der Waals surface area contributed by atoms with Crippen molar-refractivity contribution in [3.05, 3.63) is 65.7 Å². The molecule has 1 aliphatic carbocycles. The lowest BCUT2D eigenvalue weighted by atomic mass is 9.74. The maximum absolute atomic E-state index is 12.9. The van der Waals surface area contributed by atoms with E-state index in [9.17, 15) is 9.90 Å². The van der Waals surface area contributed by atoms with E-state index in [1.165, 1.54) is 0 Å². The minimum atomic E-state index is -1.62. The van der Waals surface area contributed by atoms with Gasteiger partial charge in [0, 0.05) is 17.4 Å². The Labute approximate surface area is 129 Å². The average molecular weight is 294 g/mol. The van der Waals surface area contributed by atoms with Crippen molar-refractivity contribution in [3.8, 4) is 5.75 Å². The second-order valence-electron chi connectivity index (χ2n) is 6.35. The first-order chi connectivity index (χ1) is 10.5. The highest BCUT2D eigenvalue weighted by atomic mass is 16.5. The lowest BCUT2D eigenvalue weighted by Gasteiger charge is -2.37. The molecule has 0 aromatic heterocycles. The summed E-state index contributed by atoms with van der Waals surface area (Å²) in [5.41, 5.74) is -1.24. The number of para-hydroxylation sites is 1. The number of aliphatic hydroxyl groups is 1. The number of benzene rings is 2. The third kappa shape index (κ3) is 1.29. The Balaban J connectivity index is 2.06. The Hall–Kier alpha value is -2.13. The molecule has 2 aromatic rings. The molecule has 0 spiro atoms. The molecule has 22 heavy (non-hydrogen) atoms. The summed E-state index contributed by atoms with van der Waals surface area (Å²) >= 11 is 0. The standard InChI is InChI=1S/C19H18O3/c1-12-13(2)19(14-8-4-3-5-9-14)18(21,17(12)20)15-10-6-7-11-16(15)22-19/h3-13,21H,1-2H3. The Bertz CT molecular complexity index is 754. The van der Waals surface area contributed by atoms with Gasteiger partial charge in [-0.2, -0.15) is 0 Å². The zero-order valence-corrected chi connectivity index (χ0v) is 12.6. The molecule has 3 heteroatoms. The van der Waals surface area contributed by atoms with Crippen molar-refractivity contribution in [3.63, 3.8) is 0 Å². The molecule has 1 saturated carbocycles. The van der Waals surface area contributed by atoms with E-state index in [-0.39, 0.29) is 17.6 Å². The van der Waals surface area contributed by atoms with Crippen molar-refractivity contribution in [1.82, 2.24) is 0 Å². The number of ketones is 1. The summed E-state index contributed by atoms with van der Waals surface area (Å²) in [5.74, 6) is 0.0492. The lowest BCUT2D eigenvalue weighted by molar-refractivity contribution is -0.153. The van der Waals surface area contributed by atoms with Crippen LogP contribution >= 0.6 is 0 Å². The SMILES string of the molecule is CC1C(=O)C2(O)c3ccccc3OC2(c2ccccc2)C1C. The molecule has 4 unspecified atom stereocenters. The summed E-state index contributed by atoms with van der Waals surface area (Å²) in [7, 11) is 0. The van der Waals surface area contributed by atoms with Crippen molar-refractivity contribution in [2.45, 2.75) is 25.0 Å². The Morgan fingerprint density at radius 3 is 2.36 bits per heavy atom. The number of hydrogen-bond acceptors (Lipinski definition) is 3. The zero-order chi connectivity index (χ0) is 15.5. The summed E-state index contributed by atoms with van der Waals surface area (Å²) in [6.45, 7) is 3.86. The van der Waals surface area contributed by atoms with Crippen LogP contribution in [0, 0.1) is 11.8 Å². The number of carbonyl (C=O) groups excluding carboxylic acids is 1. The van der Waals surface area contributed by atoms with Crippen molar-refractivity contribution < 1.29 is 14.6 Å². The monoisotopic (exact) mass is 294 g/mol. The van der Waals surface area contributed by atoms with Gasteiger partial charge in [-0.1, -0.05) is 62.4 Å². The van der Waals surface area contributed by atoms with Crippen LogP contribution in [0.3, 0.4) is 0 Å². The molecule has 1 aliphatic heterocycles. The average Bonchev–Trinajstić information content (AvgIpc) is 2.91. The van der Waals surface area contributed by atoms with Crippen LogP contribution in [0.2, 0.25) is 0 Å². The molecule has 1 heterocycles. The van der Waals surface area contributed by atoms with Crippen LogP contribution < -0.4 is 4.74 Å². The fraction of sp³-hybridized carbons (Fsp3) is 0.316. The Morgan fingerprint density at radius 1 is 1.00 bits per heavy atom. The molecule has 0 bridgehead atoms. The van der Waals surface area contributed by atoms with Gasteiger partial charge in [0.2, 0.25) is 0 Å². The molecule has 4 atom stereocenters. The van der Waals surface area contributed by atoms with E-state index in [1.54, 1.807) is 6.07 Å². The molecular formula is C19H18O3. The minimum Gasteiger partial charge on any atom is -0.478 e. The van der Waals surface area contributed by atoms with Gasteiger partial charge in [0.05, 0.1) is 0 Å². The number of ether oxygens (including phenoxy) is 1. The van der Waals surface area contributed by atoms with Crippen LogP contribution in [0.25, 0.3) is 0 Å². The van der Waals surface area contributed by atoms with Crippen LogP contribution in [0.5, 0.6) is 5.75 Å². The van der Waals surface area contributed by atoms with Gasteiger partial charge in [-0.05, 0) is 11.6 Å². The first-order valence-corrected chi connectivity index (χ1v) is 7.64. The fourth-order valence-electron chi connectivity index (χ4n) is 4.17. The highest BCUT2D eigenvalue weighted by molar-refractivity contribution is 5.96. The molecule has 3 nitrogen and oxygen atoms in total. The number of carbonyl (C=O) groups is 1. The predicted octanol–water partition coefficient (Wildman–Crippen LogP) is 3.02. The summed E-state index contributed by atoms with van der Waals surface area (Å²) in [6.07, 6.45) is 0. The maximum atomic E-state index is 12.9. The van der Waals surface area contributed by atoms with Gasteiger partial charge in [0.25, 0.3) is 0 Å². The number of rotatable bonds is 1. The molecule has 0 amide bonds. The maximum Gasteiger partial charge on any atom is 0.196 e. The number of fused-ring (bicyclic) bond motifs is 3. The van der Waals surface area contributed by atoms with E-state index < -0.39 is 11.2 Å². The van der Waals surface area contributed by atoms with E-state index in [4.69, 9.17) is 4.74 Å². The lowest BCUT2D eigenvalue weighted by Crippen LogP contribution is -2.50. The third-order valence-electron chi connectivity index (χ3n) is 5.45. The first-order valence-electron chi connectivity index (χ1n) is 7.64. The molecule has 4 rings (SSSR count). The second kappa shape index (κ2) is 4.20. The summed E-state index contributed by atoms with van der Waals surface area (Å²) in [6, 6.07) is 16.9. The molecule has 112 valence electrons. The van der Waals surface area contributed by atoms with E-state index in [1.807, 2.05) is 62.4 Å². The van der Waals surface area contributed by atoms with E-state index in [2.05, 4.69) is 0 Å². The molecule has 2 aromatic carbocycles. The first kappa shape index (κ1) is 13.5. The van der Waals surface area contributed by atoms with Crippen LogP contribution in [-0.2, 0) is 16.0 Å². The largest absolute Gasteiger partial charge is 0.478 e. The summed E-state index contributed by atoms with van der Waals surface area (Å²) in [5, 5.41) is 11.5. The Morgan fingerprint density at radius 2 is 1.64 bits per heavy atom. The second-order valence-corrected chi connectivity index (χ2v) is 6.35. The number of Topliss-reactive ketones (excluding diaryl/α,β-unsaturated/α-hetero) is 1. The van der Waals surface area contributed by atoms with Gasteiger partial charge < -0.3 is 9.84 Å². The summed E-state index contributed by atoms with van der Waals surface area (Å²) in [4.78, 5) is 12.9. The smallest absolute Gasteiger partial charge is 0.196 e. The van der Waals surface area contributed by atoms with Crippen LogP contribution in [0.4, 0.5) is 0 Å². The summed E-state index contributed by atoms with van der Waals surface area (Å²) < 4.78 is 6.29. The van der Waals surface area contributed by atoms with Crippen LogP contribution in [-0.4, -0.2) is 10.9 Å². The van der Waals surface area contributed by atoms with Gasteiger partial charge >= 0.3 is 0 Å². The fourth-order valence-corrected chi connectivity index (χ4v) is 4.17. The van der Waals surface area contributed by atoms with Gasteiger partial charge in [-0.3, -0.25) is 4.79 Å². The number of hydrogen-bond donors (Lipinski definition) is 1. The predicted molar refractivity (Wildman–Crippen MR) is 82.4 cm³/mol. The zero-order valence-electron chi connectivity index (χ0n) is 12.6. The van der Waals surface area contributed by atoms with E-state index >= 15 is 0 Å². The van der Waals surface area contributed by atoms with E-state index in [0.717, 1.165) is 5.56 Å². The van der Waals surface area contributed by atoms with Crippen LogP contribution in [0.1, 0.15) is 25.0 Å². The van der Waals surface area contributed by atoms with Gasteiger partial charge in [0.1, 0.15) is 5.75 Å². The molecule has 1 fully saturated rings. The molecule has 0 saturated heterocycles. The topological polar surface area (TPSA) is 46.5 Å². The third-order valence-corrected chi connectivity index (χ3v) is 5.45. The molecule has 0 radical (unpaired) electrons. The molecule has 1 N–H and O–H groups in total. The van der Waals surface area contributed by atoms with E-state index in [0.29, 0.717) is 11.3 Å². The normalized spacial score (nSPS) is 35.9.